The van der Waals surface area contributed by atoms with Gasteiger partial charge in [0.15, 0.2) is 6.29 Å². The molecular weight excluding hydrogens is 202 g/mol. The molecule has 0 bridgehead atoms. The van der Waals surface area contributed by atoms with E-state index in [4.69, 9.17) is 0 Å². The van der Waals surface area contributed by atoms with Crippen molar-refractivity contribution in [3.05, 3.63) is 30.3 Å². The molecule has 0 fully saturated rings. The van der Waals surface area contributed by atoms with Crippen LogP contribution < -0.4 is 0 Å². The van der Waals surface area contributed by atoms with E-state index in [1.807, 2.05) is 30.3 Å². The van der Waals surface area contributed by atoms with Gasteiger partial charge in [0.1, 0.15) is 16.7 Å². The van der Waals surface area contributed by atoms with Crippen LogP contribution in [0.5, 0.6) is 0 Å². The Hall–Kier alpha value is -1.97. The number of hydrogen-bond acceptors (Lipinski definition) is 3. The smallest absolute Gasteiger partial charge is 0.169 e. The van der Waals surface area contributed by atoms with Crippen molar-refractivity contribution >= 4 is 23.0 Å². The number of aldehydes is 1. The minimum atomic E-state index is 0.498. The molecule has 0 aliphatic heterocycles. The Labute approximate surface area is 93.6 Å². The third-order valence-corrected chi connectivity index (χ3v) is 2.28. The molecule has 82 valence electrons. The van der Waals surface area contributed by atoms with E-state index in [9.17, 15) is 4.79 Å². The molecule has 2 aromatic rings. The average Bonchev–Trinajstić information content (AvgIpc) is 2.73. The molecule has 2 rings (SSSR count). The number of unbranched alkanes of at least 4 members (excludes halogenated alkanes) is 1. The van der Waals surface area contributed by atoms with Crippen LogP contribution in [-0.4, -0.2) is 21.3 Å². The van der Waals surface area contributed by atoms with Gasteiger partial charge in [-0.1, -0.05) is 31.6 Å². The first-order valence-electron chi connectivity index (χ1n) is 5.33. The Morgan fingerprint density at radius 3 is 2.44 bits per heavy atom. The number of carbonyl (C=O) groups excluding carboxylic acids is 1. The predicted molar refractivity (Wildman–Crippen MR) is 62.8 cm³/mol. The number of benzene rings is 1. The SMILES string of the molecule is CCC/C=C(/C=O)n1nc2ccccc2n1. The second kappa shape index (κ2) is 4.70. The average molecular weight is 215 g/mol. The number of aromatic nitrogens is 3. The molecule has 4 heteroatoms. The molecule has 0 saturated heterocycles. The zero-order valence-electron chi connectivity index (χ0n) is 9.13. The van der Waals surface area contributed by atoms with Gasteiger partial charge in [-0.15, -0.1) is 15.0 Å². The minimum Gasteiger partial charge on any atom is -0.296 e. The summed E-state index contributed by atoms with van der Waals surface area (Å²) >= 11 is 0. The van der Waals surface area contributed by atoms with E-state index in [1.54, 1.807) is 0 Å². The van der Waals surface area contributed by atoms with Crippen LogP contribution in [0.4, 0.5) is 0 Å². The summed E-state index contributed by atoms with van der Waals surface area (Å²) in [4.78, 5) is 12.3. The highest BCUT2D eigenvalue weighted by atomic mass is 16.1. The van der Waals surface area contributed by atoms with Gasteiger partial charge in [-0.3, -0.25) is 4.79 Å². The van der Waals surface area contributed by atoms with Crippen LogP contribution in [0.15, 0.2) is 30.3 Å². The number of hydrogen-bond donors (Lipinski definition) is 0. The summed E-state index contributed by atoms with van der Waals surface area (Å²) in [5, 5.41) is 8.49. The Kier molecular flexibility index (Phi) is 3.10. The van der Waals surface area contributed by atoms with Gasteiger partial charge < -0.3 is 0 Å². The third-order valence-electron chi connectivity index (χ3n) is 2.28. The molecule has 1 heterocycles. The van der Waals surface area contributed by atoms with Gasteiger partial charge in [-0.2, -0.15) is 0 Å². The van der Waals surface area contributed by atoms with Gasteiger partial charge in [0, 0.05) is 0 Å². The predicted octanol–water partition coefficient (Wildman–Crippen LogP) is 2.27. The van der Waals surface area contributed by atoms with Crippen LogP contribution in [0, 0.1) is 0 Å². The summed E-state index contributed by atoms with van der Waals surface area (Å²) in [5.74, 6) is 0. The van der Waals surface area contributed by atoms with Crippen molar-refractivity contribution in [2.75, 3.05) is 0 Å². The molecule has 1 aromatic heterocycles. The number of rotatable bonds is 4. The Morgan fingerprint density at radius 2 is 1.94 bits per heavy atom. The molecule has 16 heavy (non-hydrogen) atoms. The van der Waals surface area contributed by atoms with Crippen molar-refractivity contribution in [1.82, 2.24) is 15.0 Å². The van der Waals surface area contributed by atoms with Crippen molar-refractivity contribution in [3.63, 3.8) is 0 Å². The largest absolute Gasteiger partial charge is 0.296 e. The van der Waals surface area contributed by atoms with Gasteiger partial charge in [0.2, 0.25) is 0 Å². The van der Waals surface area contributed by atoms with Crippen LogP contribution in [0.2, 0.25) is 0 Å². The molecule has 0 aliphatic carbocycles. The van der Waals surface area contributed by atoms with Crippen LogP contribution in [0.25, 0.3) is 16.7 Å². The van der Waals surface area contributed by atoms with Crippen molar-refractivity contribution in [2.24, 2.45) is 0 Å². The van der Waals surface area contributed by atoms with Crippen LogP contribution in [0.1, 0.15) is 19.8 Å². The second-order valence-electron chi connectivity index (χ2n) is 3.51. The Morgan fingerprint density at radius 1 is 1.31 bits per heavy atom. The normalized spacial score (nSPS) is 11.9. The zero-order valence-corrected chi connectivity index (χ0v) is 9.13. The molecule has 0 radical (unpaired) electrons. The minimum absolute atomic E-state index is 0.498. The molecule has 0 N–H and O–H groups in total. The molecule has 0 saturated carbocycles. The number of carbonyl (C=O) groups is 1. The molecule has 0 spiro atoms. The molecule has 0 unspecified atom stereocenters. The van der Waals surface area contributed by atoms with E-state index in [2.05, 4.69) is 17.1 Å². The van der Waals surface area contributed by atoms with Crippen molar-refractivity contribution in [3.8, 4) is 0 Å². The number of fused-ring (bicyclic) bond motifs is 1. The molecular formula is C12H13N3O. The van der Waals surface area contributed by atoms with Crippen LogP contribution in [-0.2, 0) is 4.79 Å². The fourth-order valence-electron chi connectivity index (χ4n) is 1.44. The lowest BCUT2D eigenvalue weighted by Crippen LogP contribution is -2.02. The zero-order chi connectivity index (χ0) is 11.4. The first-order chi connectivity index (χ1) is 7.85. The van der Waals surface area contributed by atoms with Crippen molar-refractivity contribution in [2.45, 2.75) is 19.8 Å². The fourth-order valence-corrected chi connectivity index (χ4v) is 1.44. The fraction of sp³-hybridized carbons (Fsp3) is 0.250. The molecule has 0 atom stereocenters. The standard InChI is InChI=1S/C12H13N3O/c1-2-3-6-10(9-16)15-13-11-7-4-5-8-12(11)14-15/h4-9H,2-3H2,1H3/b10-6-. The second-order valence-corrected chi connectivity index (χ2v) is 3.51. The lowest BCUT2D eigenvalue weighted by Gasteiger charge is -1.95. The maximum atomic E-state index is 10.9. The van der Waals surface area contributed by atoms with Gasteiger partial charge in [-0.25, -0.2) is 0 Å². The van der Waals surface area contributed by atoms with E-state index in [-0.39, 0.29) is 0 Å². The molecule has 1 aromatic carbocycles. The third kappa shape index (κ3) is 2.00. The van der Waals surface area contributed by atoms with E-state index >= 15 is 0 Å². The van der Waals surface area contributed by atoms with Gasteiger partial charge in [-0.05, 0) is 18.6 Å². The Balaban J connectivity index is 2.41. The maximum absolute atomic E-state index is 10.9. The lowest BCUT2D eigenvalue weighted by molar-refractivity contribution is -0.103. The Bertz CT molecular complexity index is 495. The molecule has 0 aliphatic rings. The first-order valence-corrected chi connectivity index (χ1v) is 5.33. The van der Waals surface area contributed by atoms with Gasteiger partial charge in [0.25, 0.3) is 0 Å². The quantitative estimate of drug-likeness (QED) is 0.580. The number of allylic oxidation sites excluding steroid dienone is 2. The highest BCUT2D eigenvalue weighted by Gasteiger charge is 2.04. The molecule has 0 amide bonds. The van der Waals surface area contributed by atoms with Crippen LogP contribution in [0.3, 0.4) is 0 Å². The summed E-state index contributed by atoms with van der Waals surface area (Å²) in [6.07, 6.45) is 4.49. The number of nitrogens with zero attached hydrogens (tertiary/aromatic N) is 3. The van der Waals surface area contributed by atoms with Crippen molar-refractivity contribution < 1.29 is 4.79 Å². The highest BCUT2D eigenvalue weighted by molar-refractivity contribution is 5.98. The summed E-state index contributed by atoms with van der Waals surface area (Å²) in [7, 11) is 0. The summed E-state index contributed by atoms with van der Waals surface area (Å²) in [6, 6.07) is 7.55. The monoisotopic (exact) mass is 215 g/mol. The summed E-state index contributed by atoms with van der Waals surface area (Å²) in [5.41, 5.74) is 2.09. The highest BCUT2D eigenvalue weighted by Crippen LogP contribution is 2.10. The first kappa shape index (κ1) is 10.5. The molecule has 4 nitrogen and oxygen atoms in total. The van der Waals surface area contributed by atoms with E-state index in [0.717, 1.165) is 30.2 Å². The summed E-state index contributed by atoms with van der Waals surface area (Å²) in [6.45, 7) is 2.06. The van der Waals surface area contributed by atoms with Gasteiger partial charge >= 0.3 is 0 Å². The maximum Gasteiger partial charge on any atom is 0.169 e. The lowest BCUT2D eigenvalue weighted by atomic mass is 10.3. The van der Waals surface area contributed by atoms with E-state index in [1.165, 1.54) is 4.80 Å². The summed E-state index contributed by atoms with van der Waals surface area (Å²) < 4.78 is 0. The van der Waals surface area contributed by atoms with Crippen LogP contribution >= 0.6 is 0 Å². The topological polar surface area (TPSA) is 47.8 Å². The van der Waals surface area contributed by atoms with E-state index < -0.39 is 0 Å². The van der Waals surface area contributed by atoms with Crippen molar-refractivity contribution in [1.29, 1.82) is 0 Å². The van der Waals surface area contributed by atoms with Gasteiger partial charge in [0.05, 0.1) is 0 Å². The van der Waals surface area contributed by atoms with E-state index in [0.29, 0.717) is 5.70 Å².